The summed E-state index contributed by atoms with van der Waals surface area (Å²) < 4.78 is 41.3. The molecule has 190 valence electrons. The second kappa shape index (κ2) is 9.52. The van der Waals surface area contributed by atoms with Crippen molar-refractivity contribution in [2.45, 2.75) is 25.1 Å². The Labute approximate surface area is 210 Å². The molecule has 2 aromatic carbocycles. The van der Waals surface area contributed by atoms with Gasteiger partial charge in [-0.25, -0.2) is 14.6 Å². The van der Waals surface area contributed by atoms with E-state index < -0.39 is 18.1 Å². The van der Waals surface area contributed by atoms with Crippen molar-refractivity contribution in [2.24, 2.45) is 7.05 Å². The van der Waals surface area contributed by atoms with Gasteiger partial charge in [-0.2, -0.15) is 18.2 Å². The molecule has 12 heteroatoms. The van der Waals surface area contributed by atoms with Crippen LogP contribution < -0.4 is 11.1 Å². The van der Waals surface area contributed by atoms with E-state index in [1.54, 1.807) is 36.1 Å². The van der Waals surface area contributed by atoms with Gasteiger partial charge in [-0.3, -0.25) is 4.79 Å². The maximum absolute atomic E-state index is 13.3. The van der Waals surface area contributed by atoms with Crippen LogP contribution >= 0.6 is 0 Å². The summed E-state index contributed by atoms with van der Waals surface area (Å²) in [6.07, 6.45) is -2.57. The van der Waals surface area contributed by atoms with Crippen LogP contribution in [0.25, 0.3) is 22.6 Å². The number of nitrogens with two attached hydrogens (primary N) is 1. The number of likely N-dealkylation sites (tertiary alicyclic amines) is 1. The summed E-state index contributed by atoms with van der Waals surface area (Å²) in [5.41, 5.74) is 8.84. The van der Waals surface area contributed by atoms with E-state index in [0.29, 0.717) is 29.5 Å². The van der Waals surface area contributed by atoms with Crippen molar-refractivity contribution < 1.29 is 18.0 Å². The van der Waals surface area contributed by atoms with Crippen LogP contribution in [-0.2, 0) is 7.05 Å². The molecule has 0 radical (unpaired) electrons. The molecule has 0 bridgehead atoms. The Morgan fingerprint density at radius 1 is 1.03 bits per heavy atom. The first-order valence-corrected chi connectivity index (χ1v) is 11.5. The zero-order valence-electron chi connectivity index (χ0n) is 19.8. The average molecular weight is 509 g/mol. The van der Waals surface area contributed by atoms with Crippen LogP contribution in [-0.4, -0.2) is 54.3 Å². The lowest BCUT2D eigenvalue weighted by molar-refractivity contribution is -0.169. The fraction of sp³-hybridized carbons (Fsp3) is 0.240. The van der Waals surface area contributed by atoms with Crippen LogP contribution in [0.5, 0.6) is 0 Å². The molecule has 3 heterocycles. The molecule has 0 saturated carbocycles. The Morgan fingerprint density at radius 2 is 1.73 bits per heavy atom. The van der Waals surface area contributed by atoms with Crippen molar-refractivity contribution in [3.8, 4) is 22.6 Å². The monoisotopic (exact) mass is 508 g/mol. The van der Waals surface area contributed by atoms with Gasteiger partial charge in [0.25, 0.3) is 5.91 Å². The van der Waals surface area contributed by atoms with Crippen LogP contribution in [0.2, 0.25) is 0 Å². The quantitative estimate of drug-likeness (QED) is 0.410. The van der Waals surface area contributed by atoms with Crippen LogP contribution in [0.15, 0.2) is 60.8 Å². The van der Waals surface area contributed by atoms with E-state index in [2.05, 4.69) is 25.4 Å². The molecule has 4 aromatic rings. The maximum atomic E-state index is 13.3. The lowest BCUT2D eigenvalue weighted by Crippen LogP contribution is -2.44. The second-order valence-electron chi connectivity index (χ2n) is 8.66. The van der Waals surface area contributed by atoms with Gasteiger partial charge in [0.1, 0.15) is 6.04 Å². The molecule has 1 aliphatic heterocycles. The van der Waals surface area contributed by atoms with E-state index in [-0.39, 0.29) is 24.5 Å². The minimum absolute atomic E-state index is 0.0705. The maximum Gasteiger partial charge on any atom is 0.408 e. The number of nitrogen functional groups attached to an aromatic ring is 1. The summed E-state index contributed by atoms with van der Waals surface area (Å²) in [5, 5.41) is 7.62. The number of nitrogens with zero attached hydrogens (tertiary/aromatic N) is 6. The highest BCUT2D eigenvalue weighted by atomic mass is 19.4. The fourth-order valence-electron chi connectivity index (χ4n) is 4.28. The minimum Gasteiger partial charge on any atom is -0.368 e. The van der Waals surface area contributed by atoms with E-state index >= 15 is 0 Å². The Balaban J connectivity index is 1.29. The van der Waals surface area contributed by atoms with Crippen LogP contribution in [0, 0.1) is 0 Å². The number of carbonyl (C=O) groups excluding carboxylic acids is 1. The molecule has 0 aliphatic carbocycles. The SMILES string of the molecule is Cn1nc(-c2ccc(C(=O)N3CCC[C@@H]3C(F)(F)F)cc2)nc1Nc1ccc(-c2ccnc(N)n2)cc1. The van der Waals surface area contributed by atoms with Crippen molar-refractivity contribution in [1.29, 1.82) is 0 Å². The van der Waals surface area contributed by atoms with Gasteiger partial charge in [0.05, 0.1) is 5.69 Å². The summed E-state index contributed by atoms with van der Waals surface area (Å²) in [6.45, 7) is 0.0929. The third-order valence-corrected chi connectivity index (χ3v) is 6.16. The smallest absolute Gasteiger partial charge is 0.368 e. The molecular weight excluding hydrogens is 485 g/mol. The highest BCUT2D eigenvalue weighted by Crippen LogP contribution is 2.33. The third-order valence-electron chi connectivity index (χ3n) is 6.16. The topological polar surface area (TPSA) is 115 Å². The second-order valence-corrected chi connectivity index (χ2v) is 8.66. The van der Waals surface area contributed by atoms with Crippen LogP contribution in [0.4, 0.5) is 30.8 Å². The predicted octanol–water partition coefficient (Wildman–Crippen LogP) is 4.43. The van der Waals surface area contributed by atoms with Gasteiger partial charge in [-0.1, -0.05) is 24.3 Å². The molecule has 0 spiro atoms. The molecule has 2 aromatic heterocycles. The molecule has 1 fully saturated rings. The number of hydrogen-bond donors (Lipinski definition) is 2. The summed E-state index contributed by atoms with van der Waals surface area (Å²) >= 11 is 0. The molecule has 37 heavy (non-hydrogen) atoms. The first-order valence-electron chi connectivity index (χ1n) is 11.5. The first-order chi connectivity index (χ1) is 17.7. The molecule has 5 rings (SSSR count). The van der Waals surface area contributed by atoms with E-state index in [0.717, 1.165) is 16.2 Å². The molecule has 3 N–H and O–H groups in total. The van der Waals surface area contributed by atoms with Gasteiger partial charge in [0.2, 0.25) is 11.9 Å². The summed E-state index contributed by atoms with van der Waals surface area (Å²) in [5.74, 6) is 0.465. The highest BCUT2D eigenvalue weighted by Gasteiger charge is 2.47. The average Bonchev–Trinajstić information content (AvgIpc) is 3.52. The lowest BCUT2D eigenvalue weighted by Gasteiger charge is -2.26. The van der Waals surface area contributed by atoms with Gasteiger partial charge in [-0.15, -0.1) is 5.10 Å². The van der Waals surface area contributed by atoms with Gasteiger partial charge in [-0.05, 0) is 43.2 Å². The number of carbonyl (C=O) groups is 1. The Morgan fingerprint density at radius 3 is 2.41 bits per heavy atom. The molecule has 1 atom stereocenters. The summed E-state index contributed by atoms with van der Waals surface area (Å²) in [4.78, 5) is 26.2. The van der Waals surface area contributed by atoms with E-state index in [4.69, 9.17) is 5.73 Å². The van der Waals surface area contributed by atoms with Gasteiger partial charge < -0.3 is 16.0 Å². The van der Waals surface area contributed by atoms with Crippen LogP contribution in [0.3, 0.4) is 0 Å². The largest absolute Gasteiger partial charge is 0.408 e. The van der Waals surface area contributed by atoms with E-state index in [1.165, 1.54) is 12.1 Å². The molecule has 0 unspecified atom stereocenters. The number of anilines is 3. The van der Waals surface area contributed by atoms with Crippen molar-refractivity contribution in [3.05, 3.63) is 66.4 Å². The Kier molecular flexibility index (Phi) is 6.24. The number of aromatic nitrogens is 5. The van der Waals surface area contributed by atoms with Gasteiger partial charge in [0, 0.05) is 42.2 Å². The number of aryl methyl sites for hydroxylation is 1. The Bertz CT molecular complexity index is 1420. The van der Waals surface area contributed by atoms with Crippen molar-refractivity contribution in [1.82, 2.24) is 29.6 Å². The standard InChI is InChI=1S/C25H23F3N8O/c1-35-24(31-18-10-8-15(9-11-18)19-12-13-30-23(29)32-19)33-21(34-35)16-4-6-17(7-5-16)22(37)36-14-2-3-20(36)25(26,27)28/h4-13,20H,2-3,14H2,1H3,(H2,29,30,32)(H,31,33,34)/t20-/m1/s1. The predicted molar refractivity (Wildman–Crippen MR) is 132 cm³/mol. The zero-order chi connectivity index (χ0) is 26.2. The van der Waals surface area contributed by atoms with Crippen LogP contribution in [0.1, 0.15) is 23.2 Å². The number of rotatable bonds is 5. The lowest BCUT2D eigenvalue weighted by atomic mass is 10.1. The van der Waals surface area contributed by atoms with Crippen molar-refractivity contribution >= 4 is 23.5 Å². The van der Waals surface area contributed by atoms with Crippen molar-refractivity contribution in [3.63, 3.8) is 0 Å². The number of nitrogens with one attached hydrogen (secondary N) is 1. The zero-order valence-corrected chi connectivity index (χ0v) is 19.8. The first kappa shape index (κ1) is 24.2. The van der Waals surface area contributed by atoms with E-state index in [1.807, 2.05) is 24.3 Å². The van der Waals surface area contributed by atoms with E-state index in [9.17, 15) is 18.0 Å². The molecule has 1 saturated heterocycles. The third kappa shape index (κ3) is 5.08. The van der Waals surface area contributed by atoms with Crippen molar-refractivity contribution in [2.75, 3.05) is 17.6 Å². The number of halogens is 3. The number of alkyl halides is 3. The molecular formula is C25H23F3N8O. The minimum atomic E-state index is -4.43. The number of benzene rings is 2. The Hall–Kier alpha value is -4.48. The summed E-state index contributed by atoms with van der Waals surface area (Å²) in [6, 6.07) is 13.8. The van der Waals surface area contributed by atoms with Gasteiger partial charge >= 0.3 is 6.18 Å². The fourth-order valence-corrected chi connectivity index (χ4v) is 4.28. The molecule has 9 nitrogen and oxygen atoms in total. The molecule has 1 aliphatic rings. The number of amides is 1. The highest BCUT2D eigenvalue weighted by molar-refractivity contribution is 5.95. The summed E-state index contributed by atoms with van der Waals surface area (Å²) in [7, 11) is 1.74. The normalized spacial score (nSPS) is 15.7. The molecule has 1 amide bonds. The number of hydrogen-bond acceptors (Lipinski definition) is 7. The van der Waals surface area contributed by atoms with Gasteiger partial charge in [0.15, 0.2) is 5.82 Å².